The summed E-state index contributed by atoms with van der Waals surface area (Å²) in [5.41, 5.74) is 0.916. The van der Waals surface area contributed by atoms with E-state index in [1.807, 2.05) is 30.3 Å². The zero-order valence-electron chi connectivity index (χ0n) is 24.4. The number of hydrogen-bond acceptors (Lipinski definition) is 8. The second kappa shape index (κ2) is 17.0. The van der Waals surface area contributed by atoms with Gasteiger partial charge < -0.3 is 40.0 Å². The molecule has 0 saturated carbocycles. The predicted molar refractivity (Wildman–Crippen MR) is 154 cm³/mol. The van der Waals surface area contributed by atoms with Gasteiger partial charge in [-0.1, -0.05) is 30.3 Å². The molecule has 0 spiro atoms. The molecule has 3 aliphatic rings. The van der Waals surface area contributed by atoms with E-state index in [-0.39, 0.29) is 68.1 Å². The van der Waals surface area contributed by atoms with Gasteiger partial charge >= 0.3 is 6.09 Å². The van der Waals surface area contributed by atoms with E-state index in [1.165, 1.54) is 0 Å². The first-order valence-corrected chi connectivity index (χ1v) is 15.1. The summed E-state index contributed by atoms with van der Waals surface area (Å²) in [6.45, 7) is 4.26. The van der Waals surface area contributed by atoms with Gasteiger partial charge in [-0.05, 0) is 56.2 Å². The lowest BCUT2D eigenvalue weighted by atomic mass is 9.81. The van der Waals surface area contributed by atoms with Crippen molar-refractivity contribution in [2.24, 2.45) is 11.8 Å². The zero-order valence-corrected chi connectivity index (χ0v) is 24.4. The van der Waals surface area contributed by atoms with Crippen LogP contribution in [0.1, 0.15) is 37.7 Å². The number of ether oxygens (including phenoxy) is 3. The molecule has 4 rings (SSSR count). The van der Waals surface area contributed by atoms with Crippen molar-refractivity contribution in [1.82, 2.24) is 25.8 Å². The first kappa shape index (κ1) is 31.7. The first-order valence-electron chi connectivity index (χ1n) is 15.1. The third-order valence-corrected chi connectivity index (χ3v) is 8.19. The highest BCUT2D eigenvalue weighted by Gasteiger charge is 2.34. The number of rotatable bonds is 3. The van der Waals surface area contributed by atoms with Crippen LogP contribution in [0.15, 0.2) is 30.3 Å². The van der Waals surface area contributed by atoms with Crippen molar-refractivity contribution in [3.8, 4) is 0 Å². The molecule has 3 aliphatic heterocycles. The fraction of sp³-hybridized carbons (Fsp3) is 0.667. The van der Waals surface area contributed by atoms with Gasteiger partial charge in [0, 0.05) is 38.6 Å². The van der Waals surface area contributed by atoms with Gasteiger partial charge in [0.25, 0.3) is 0 Å². The Morgan fingerprint density at radius 1 is 0.857 bits per heavy atom. The van der Waals surface area contributed by atoms with Crippen molar-refractivity contribution < 1.29 is 33.4 Å². The van der Waals surface area contributed by atoms with E-state index in [9.17, 15) is 19.2 Å². The molecule has 12 heteroatoms. The quantitative estimate of drug-likeness (QED) is 0.474. The minimum Gasteiger partial charge on any atom is -0.445 e. The van der Waals surface area contributed by atoms with E-state index in [1.54, 1.807) is 9.80 Å². The lowest BCUT2D eigenvalue weighted by molar-refractivity contribution is -0.143. The van der Waals surface area contributed by atoms with E-state index in [4.69, 9.17) is 14.2 Å². The highest BCUT2D eigenvalue weighted by atomic mass is 16.6. The molecule has 3 fully saturated rings. The molecule has 42 heavy (non-hydrogen) atoms. The van der Waals surface area contributed by atoms with Crippen molar-refractivity contribution in [2.45, 2.75) is 44.8 Å². The number of hydrogen-bond donors (Lipinski definition) is 3. The minimum absolute atomic E-state index is 0.00274. The highest BCUT2D eigenvalue weighted by molar-refractivity contribution is 5.85. The van der Waals surface area contributed by atoms with E-state index < -0.39 is 0 Å². The zero-order chi connectivity index (χ0) is 29.6. The van der Waals surface area contributed by atoms with Crippen LogP contribution in [0.3, 0.4) is 0 Å². The van der Waals surface area contributed by atoms with Gasteiger partial charge in [0.1, 0.15) is 13.2 Å². The molecule has 3 saturated heterocycles. The number of benzene rings is 1. The van der Waals surface area contributed by atoms with Crippen LogP contribution in [0.2, 0.25) is 0 Å². The van der Waals surface area contributed by atoms with E-state index >= 15 is 0 Å². The first-order chi connectivity index (χ1) is 20.5. The Balaban J connectivity index is 1.37. The van der Waals surface area contributed by atoms with E-state index in [0.717, 1.165) is 31.5 Å². The summed E-state index contributed by atoms with van der Waals surface area (Å²) in [7, 11) is 0. The van der Waals surface area contributed by atoms with Gasteiger partial charge in [-0.15, -0.1) is 0 Å². The Hall–Kier alpha value is -3.22. The van der Waals surface area contributed by atoms with Gasteiger partial charge in [0.15, 0.2) is 0 Å². The molecule has 0 aromatic heterocycles. The van der Waals surface area contributed by atoms with Crippen LogP contribution in [0, 0.1) is 11.8 Å². The van der Waals surface area contributed by atoms with Crippen LogP contribution in [0.25, 0.3) is 0 Å². The number of nitrogens with one attached hydrogen (secondary N) is 3. The van der Waals surface area contributed by atoms with Crippen molar-refractivity contribution in [1.29, 1.82) is 0 Å². The van der Waals surface area contributed by atoms with Crippen LogP contribution in [-0.4, -0.2) is 112 Å². The standard InChI is InChI=1S/C30H45N5O7/c36-27-18-24-9-14-34(30(39)42-21-23-4-2-1-3-5-23)19-25(24)6-12-32-28(37)20-35(26-7-10-31-11-8-26)29(38)22-41-17-16-40-15-13-33-27/h1-5,24-26,31H,6-22H2,(H,32,37)(H,33,36)/t24-,25-/m0/s1. The molecule has 232 valence electrons. The van der Waals surface area contributed by atoms with Crippen molar-refractivity contribution in [3.63, 3.8) is 0 Å². The van der Waals surface area contributed by atoms with E-state index in [2.05, 4.69) is 16.0 Å². The van der Waals surface area contributed by atoms with Crippen molar-refractivity contribution in [3.05, 3.63) is 35.9 Å². The normalized spacial score (nSPS) is 24.8. The van der Waals surface area contributed by atoms with E-state index in [0.29, 0.717) is 58.7 Å². The Morgan fingerprint density at radius 3 is 2.43 bits per heavy atom. The Kier molecular flexibility index (Phi) is 12.9. The summed E-state index contributed by atoms with van der Waals surface area (Å²) >= 11 is 0. The SMILES string of the molecule is O=C1C[C@@H]2CCN(C(=O)OCc3ccccc3)C[C@@H]2CCNC(=O)CN(C2CCNCC2)C(=O)COCCOCCN1. The maximum atomic E-state index is 13.0. The molecule has 3 heterocycles. The van der Waals surface area contributed by atoms with Gasteiger partial charge in [-0.2, -0.15) is 0 Å². The van der Waals surface area contributed by atoms with Gasteiger partial charge in [0.2, 0.25) is 17.7 Å². The number of carbonyl (C=O) groups is 4. The maximum absolute atomic E-state index is 13.0. The second-order valence-corrected chi connectivity index (χ2v) is 11.2. The number of piperidine rings is 2. The summed E-state index contributed by atoms with van der Waals surface area (Å²) in [4.78, 5) is 55.0. The predicted octanol–water partition coefficient (Wildman–Crippen LogP) is 0.901. The Labute approximate surface area is 247 Å². The summed E-state index contributed by atoms with van der Waals surface area (Å²) in [5.74, 6) is -0.436. The smallest absolute Gasteiger partial charge is 0.410 e. The minimum atomic E-state index is -0.378. The summed E-state index contributed by atoms with van der Waals surface area (Å²) < 4.78 is 16.6. The number of amides is 4. The molecule has 0 bridgehead atoms. The highest BCUT2D eigenvalue weighted by Crippen LogP contribution is 2.29. The number of nitrogens with zero attached hydrogens (tertiary/aromatic N) is 2. The summed E-state index contributed by atoms with van der Waals surface area (Å²) in [6, 6.07) is 9.51. The number of carbonyl (C=O) groups excluding carboxylic acids is 4. The fourth-order valence-electron chi connectivity index (χ4n) is 5.84. The van der Waals surface area contributed by atoms with Crippen LogP contribution < -0.4 is 16.0 Å². The summed E-state index contributed by atoms with van der Waals surface area (Å²) in [5, 5.41) is 9.19. The van der Waals surface area contributed by atoms with Crippen LogP contribution >= 0.6 is 0 Å². The lowest BCUT2D eigenvalue weighted by Crippen LogP contribution is -2.51. The van der Waals surface area contributed by atoms with Crippen LogP contribution in [0.5, 0.6) is 0 Å². The topological polar surface area (TPSA) is 139 Å². The van der Waals surface area contributed by atoms with Crippen LogP contribution in [-0.2, 0) is 35.2 Å². The molecular weight excluding hydrogens is 542 g/mol. The largest absolute Gasteiger partial charge is 0.445 e. The Bertz CT molecular complexity index is 1020. The van der Waals surface area contributed by atoms with Gasteiger partial charge in [-0.3, -0.25) is 14.4 Å². The molecule has 0 unspecified atom stereocenters. The molecule has 0 aliphatic carbocycles. The average molecular weight is 588 g/mol. The van der Waals surface area contributed by atoms with Crippen molar-refractivity contribution in [2.75, 3.05) is 72.2 Å². The molecule has 3 N–H and O–H groups in total. The third kappa shape index (κ3) is 10.2. The van der Waals surface area contributed by atoms with Crippen molar-refractivity contribution >= 4 is 23.8 Å². The third-order valence-electron chi connectivity index (χ3n) is 8.19. The van der Waals surface area contributed by atoms with Crippen LogP contribution in [0.4, 0.5) is 4.79 Å². The average Bonchev–Trinajstić information content (AvgIpc) is 3.01. The molecule has 1 aromatic rings. The summed E-state index contributed by atoms with van der Waals surface area (Å²) in [6.07, 6.45) is 2.79. The fourth-order valence-corrected chi connectivity index (χ4v) is 5.84. The number of fused-ring (bicyclic) bond motifs is 1. The molecular formula is C30H45N5O7. The monoisotopic (exact) mass is 587 g/mol. The number of likely N-dealkylation sites (tertiary alicyclic amines) is 1. The molecule has 12 nitrogen and oxygen atoms in total. The second-order valence-electron chi connectivity index (χ2n) is 11.2. The van der Waals surface area contributed by atoms with Gasteiger partial charge in [0.05, 0.1) is 26.4 Å². The Morgan fingerprint density at radius 2 is 1.62 bits per heavy atom. The molecule has 1 aromatic carbocycles. The maximum Gasteiger partial charge on any atom is 0.410 e. The molecule has 2 atom stereocenters. The lowest BCUT2D eigenvalue weighted by Gasteiger charge is -2.38. The van der Waals surface area contributed by atoms with Gasteiger partial charge in [-0.25, -0.2) is 4.79 Å². The molecule has 4 amide bonds. The molecule has 0 radical (unpaired) electrons.